The molecule has 0 saturated carbocycles. The molecule has 0 aromatic heterocycles. The summed E-state index contributed by atoms with van der Waals surface area (Å²) < 4.78 is 43.1. The van der Waals surface area contributed by atoms with Gasteiger partial charge < -0.3 is 15.0 Å². The van der Waals surface area contributed by atoms with Crippen LogP contribution in [0.3, 0.4) is 0 Å². The summed E-state index contributed by atoms with van der Waals surface area (Å²) in [6.45, 7) is 5.40. The van der Waals surface area contributed by atoms with Crippen molar-refractivity contribution in [2.45, 2.75) is 32.6 Å². The second-order valence-corrected chi connectivity index (χ2v) is 8.91. The molecule has 0 aliphatic carbocycles. The number of carbonyl (C=O) groups excluding carboxylic acids is 1. The molecule has 0 atom stereocenters. The lowest BCUT2D eigenvalue weighted by Gasteiger charge is -2.31. The number of nitrogens with zero attached hydrogens (tertiary/aromatic N) is 3. The minimum Gasteiger partial charge on any atom is -0.469 e. The zero-order valence-electron chi connectivity index (χ0n) is 21.2. The zero-order valence-corrected chi connectivity index (χ0v) is 21.2. The molecule has 2 aliphatic heterocycles. The quantitative estimate of drug-likeness (QED) is 0.326. The van der Waals surface area contributed by atoms with Gasteiger partial charge in [0.25, 0.3) is 5.69 Å². The minimum atomic E-state index is -1.42. The fraction of sp³-hybridized carbons (Fsp3) is 0.480. The number of carbonyl (C=O) groups is 1. The number of hydrogen-bond acceptors (Lipinski definition) is 8. The Morgan fingerprint density at radius 3 is 1.95 bits per heavy atom. The van der Waals surface area contributed by atoms with Gasteiger partial charge in [-0.1, -0.05) is 19.1 Å². The second-order valence-electron chi connectivity index (χ2n) is 8.91. The van der Waals surface area contributed by atoms with Crippen molar-refractivity contribution in [3.63, 3.8) is 0 Å². The van der Waals surface area contributed by atoms with E-state index in [9.17, 15) is 38.2 Å². The predicted octanol–water partition coefficient (Wildman–Crippen LogP) is 5.00. The molecule has 2 saturated heterocycles. The van der Waals surface area contributed by atoms with Crippen LogP contribution in [0.2, 0.25) is 0 Å². The number of halogens is 3. The molecule has 2 aliphatic rings. The van der Waals surface area contributed by atoms with E-state index in [1.54, 1.807) is 4.90 Å². The van der Waals surface area contributed by atoms with Crippen LogP contribution in [0.4, 0.5) is 30.2 Å². The van der Waals surface area contributed by atoms with Gasteiger partial charge in [-0.3, -0.25) is 25.0 Å². The number of nitro groups is 2. The highest BCUT2D eigenvalue weighted by atomic mass is 19.2. The van der Waals surface area contributed by atoms with Gasteiger partial charge in [0.1, 0.15) is 0 Å². The molecule has 0 spiro atoms. The third-order valence-corrected chi connectivity index (χ3v) is 6.26. The van der Waals surface area contributed by atoms with E-state index in [0.717, 1.165) is 57.0 Å². The smallest absolute Gasteiger partial charge is 0.308 e. The first kappa shape index (κ1) is 30.5. The maximum atomic E-state index is 13.7. The first-order valence-corrected chi connectivity index (χ1v) is 12.1. The number of esters is 1. The minimum absolute atomic E-state index is 0.0542. The lowest BCUT2D eigenvalue weighted by Crippen LogP contribution is -2.33. The molecule has 2 heterocycles. The summed E-state index contributed by atoms with van der Waals surface area (Å²) in [7, 11) is 1.45. The van der Waals surface area contributed by atoms with E-state index in [2.05, 4.69) is 17.0 Å². The number of methoxy groups -OCH3 is 1. The van der Waals surface area contributed by atoms with Crippen molar-refractivity contribution < 1.29 is 32.5 Å². The maximum absolute atomic E-state index is 13.7. The van der Waals surface area contributed by atoms with Crippen LogP contribution in [0.25, 0.3) is 0 Å². The topological polar surface area (TPSA) is 128 Å². The Morgan fingerprint density at radius 1 is 0.921 bits per heavy atom. The molecule has 0 unspecified atom stereocenters. The summed E-state index contributed by atoms with van der Waals surface area (Å²) in [6, 6.07) is 6.82. The van der Waals surface area contributed by atoms with Gasteiger partial charge in [0.2, 0.25) is 5.82 Å². The molecule has 2 aromatic carbocycles. The summed E-state index contributed by atoms with van der Waals surface area (Å²) in [5.74, 6) is -2.43. The molecule has 4 rings (SSSR count). The largest absolute Gasteiger partial charge is 0.469 e. The molecule has 208 valence electrons. The molecule has 0 bridgehead atoms. The fourth-order valence-electron chi connectivity index (χ4n) is 4.05. The van der Waals surface area contributed by atoms with Crippen LogP contribution in [0, 0.1) is 49.5 Å². The van der Waals surface area contributed by atoms with Gasteiger partial charge in [0, 0.05) is 25.2 Å². The third kappa shape index (κ3) is 8.68. The van der Waals surface area contributed by atoms with Crippen LogP contribution in [0.15, 0.2) is 36.4 Å². The Bertz CT molecular complexity index is 1110. The number of hydrogen-bond donors (Lipinski definition) is 1. The van der Waals surface area contributed by atoms with Crippen LogP contribution in [0.5, 0.6) is 0 Å². The summed E-state index contributed by atoms with van der Waals surface area (Å²) in [4.78, 5) is 32.1. The van der Waals surface area contributed by atoms with E-state index in [1.807, 2.05) is 0 Å². The van der Waals surface area contributed by atoms with Crippen molar-refractivity contribution >= 4 is 23.0 Å². The lowest BCUT2D eigenvalue weighted by molar-refractivity contribution is -0.387. The Balaban J connectivity index is 0.000000211. The van der Waals surface area contributed by atoms with Crippen molar-refractivity contribution in [3.8, 4) is 0 Å². The summed E-state index contributed by atoms with van der Waals surface area (Å²) >= 11 is 0. The summed E-state index contributed by atoms with van der Waals surface area (Å²) in [5, 5.41) is 24.1. The predicted molar refractivity (Wildman–Crippen MR) is 134 cm³/mol. The Labute approximate surface area is 218 Å². The summed E-state index contributed by atoms with van der Waals surface area (Å²) in [6.07, 6.45) is 3.75. The van der Waals surface area contributed by atoms with Gasteiger partial charge in [-0.2, -0.15) is 4.39 Å². The van der Waals surface area contributed by atoms with Gasteiger partial charge in [0.05, 0.1) is 22.9 Å². The zero-order chi connectivity index (χ0) is 28.2. The Morgan fingerprint density at radius 2 is 1.45 bits per heavy atom. The number of piperidine rings is 2. The normalized spacial score (nSPS) is 15.9. The van der Waals surface area contributed by atoms with Crippen molar-refractivity contribution in [3.05, 3.63) is 74.1 Å². The highest BCUT2D eigenvalue weighted by molar-refractivity contribution is 5.72. The van der Waals surface area contributed by atoms with Crippen LogP contribution < -0.4 is 10.2 Å². The number of rotatable bonds is 4. The van der Waals surface area contributed by atoms with Crippen LogP contribution >= 0.6 is 0 Å². The van der Waals surface area contributed by atoms with Gasteiger partial charge in [-0.25, -0.2) is 8.78 Å². The fourth-order valence-corrected chi connectivity index (χ4v) is 4.05. The van der Waals surface area contributed by atoms with E-state index in [4.69, 9.17) is 0 Å². The van der Waals surface area contributed by atoms with Gasteiger partial charge >= 0.3 is 11.7 Å². The van der Waals surface area contributed by atoms with E-state index in [0.29, 0.717) is 19.0 Å². The van der Waals surface area contributed by atoms with E-state index in [1.165, 1.54) is 25.3 Å². The molecule has 38 heavy (non-hydrogen) atoms. The highest BCUT2D eigenvalue weighted by Crippen LogP contribution is 2.33. The maximum Gasteiger partial charge on any atom is 0.308 e. The van der Waals surface area contributed by atoms with Crippen LogP contribution in [0.1, 0.15) is 32.6 Å². The summed E-state index contributed by atoms with van der Waals surface area (Å²) in [5.41, 5.74) is -0.839. The van der Waals surface area contributed by atoms with Gasteiger partial charge in [-0.05, 0) is 56.8 Å². The number of para-hydroxylation sites is 1. The van der Waals surface area contributed by atoms with Crippen LogP contribution in [-0.4, -0.2) is 49.1 Å². The van der Waals surface area contributed by atoms with Crippen molar-refractivity contribution in [1.82, 2.24) is 5.32 Å². The van der Waals surface area contributed by atoms with Crippen molar-refractivity contribution in [2.75, 3.05) is 38.2 Å². The van der Waals surface area contributed by atoms with E-state index in [-0.39, 0.29) is 23.3 Å². The van der Waals surface area contributed by atoms with Gasteiger partial charge in [0.15, 0.2) is 17.3 Å². The SMILES string of the molecule is CC1CCN(c2c(F)cccc2[N+](=O)[O-])CC1.COC(=O)C1CCNCC1.O=[N+]([O-])c1cccc(F)c1F. The molecule has 10 nitrogen and oxygen atoms in total. The average molecular weight is 541 g/mol. The Hall–Kier alpha value is -3.74. The van der Waals surface area contributed by atoms with Crippen molar-refractivity contribution in [2.24, 2.45) is 11.8 Å². The molecule has 2 fully saturated rings. The average Bonchev–Trinajstić information content (AvgIpc) is 2.91. The molecule has 1 N–H and O–H groups in total. The molecule has 0 amide bonds. The first-order valence-electron chi connectivity index (χ1n) is 12.1. The number of nitrogens with one attached hydrogen (secondary N) is 1. The molecule has 0 radical (unpaired) electrons. The number of anilines is 1. The third-order valence-electron chi connectivity index (χ3n) is 6.26. The molecule has 13 heteroatoms. The molecular weight excluding hydrogens is 509 g/mol. The first-order chi connectivity index (χ1) is 18.1. The lowest BCUT2D eigenvalue weighted by atomic mass is 9.98. The van der Waals surface area contributed by atoms with Crippen molar-refractivity contribution in [1.29, 1.82) is 0 Å². The monoisotopic (exact) mass is 540 g/mol. The van der Waals surface area contributed by atoms with E-state index < -0.39 is 33.0 Å². The second kappa shape index (κ2) is 14.9. The van der Waals surface area contributed by atoms with E-state index >= 15 is 0 Å². The number of ether oxygens (including phenoxy) is 1. The number of benzene rings is 2. The van der Waals surface area contributed by atoms with Crippen LogP contribution in [-0.2, 0) is 9.53 Å². The van der Waals surface area contributed by atoms with Gasteiger partial charge in [-0.15, -0.1) is 0 Å². The Kier molecular flexibility index (Phi) is 11.9. The standard InChI is InChI=1S/C12H15FN2O2.C7H13NO2.C6H3F2NO2/c1-9-5-7-14(8-6-9)12-10(13)3-2-4-11(12)15(16)17;1-10-7(9)6-2-4-8-5-3-6;7-4-2-1-3-5(6(4)8)9(10)11/h2-4,9H,5-8H2,1H3;6,8H,2-5H2,1H3;1-3H. The molecular formula is C25H31F3N4O6. The highest BCUT2D eigenvalue weighted by Gasteiger charge is 2.26. The molecule has 2 aromatic rings. The number of nitro benzene ring substituents is 2.